The standard InChI is InChI=1S/C13H6Cl2FN3O2/c14-8-4-9(15)10(16)3-6(8)11-1-2-17-12-7(13(20)21)5-18-19(11)12/h1-5H,(H,20,21). The minimum absolute atomic E-state index is 0.0533. The minimum Gasteiger partial charge on any atom is -0.477 e. The third-order valence-corrected chi connectivity index (χ3v) is 3.52. The molecule has 2 aromatic heterocycles. The van der Waals surface area contributed by atoms with Crippen LogP contribution in [0.5, 0.6) is 0 Å². The van der Waals surface area contributed by atoms with E-state index in [0.717, 1.165) is 0 Å². The Morgan fingerprint density at radius 3 is 2.76 bits per heavy atom. The normalized spacial score (nSPS) is 11.0. The summed E-state index contributed by atoms with van der Waals surface area (Å²) in [6, 6.07) is 4.00. The van der Waals surface area contributed by atoms with Crippen LogP contribution < -0.4 is 0 Å². The average Bonchev–Trinajstić information content (AvgIpc) is 2.87. The summed E-state index contributed by atoms with van der Waals surface area (Å²) in [5, 5.41) is 13.2. The topological polar surface area (TPSA) is 67.5 Å². The van der Waals surface area contributed by atoms with Gasteiger partial charge in [0, 0.05) is 11.8 Å². The van der Waals surface area contributed by atoms with Crippen LogP contribution in [0, 0.1) is 5.82 Å². The highest BCUT2D eigenvalue weighted by Crippen LogP contribution is 2.32. The van der Waals surface area contributed by atoms with E-state index in [1.807, 2.05) is 0 Å². The zero-order valence-corrected chi connectivity index (χ0v) is 11.7. The first-order valence-electron chi connectivity index (χ1n) is 5.70. The highest BCUT2D eigenvalue weighted by Gasteiger charge is 2.17. The zero-order valence-electron chi connectivity index (χ0n) is 10.2. The maximum absolute atomic E-state index is 13.6. The Balaban J connectivity index is 2.31. The van der Waals surface area contributed by atoms with E-state index in [0.29, 0.717) is 11.3 Å². The summed E-state index contributed by atoms with van der Waals surface area (Å²) in [7, 11) is 0. The molecule has 0 saturated heterocycles. The second-order valence-electron chi connectivity index (χ2n) is 4.18. The molecule has 0 spiro atoms. The quantitative estimate of drug-likeness (QED) is 0.732. The molecule has 0 fully saturated rings. The van der Waals surface area contributed by atoms with Crippen molar-refractivity contribution in [1.82, 2.24) is 14.6 Å². The number of carbonyl (C=O) groups is 1. The number of hydrogen-bond acceptors (Lipinski definition) is 3. The molecule has 2 heterocycles. The minimum atomic E-state index is -1.15. The number of aromatic nitrogens is 3. The second kappa shape index (κ2) is 4.98. The number of rotatable bonds is 2. The van der Waals surface area contributed by atoms with Gasteiger partial charge in [-0.25, -0.2) is 18.7 Å². The molecule has 0 amide bonds. The zero-order chi connectivity index (χ0) is 15.1. The molecule has 0 radical (unpaired) electrons. The summed E-state index contributed by atoms with van der Waals surface area (Å²) < 4.78 is 14.9. The van der Waals surface area contributed by atoms with Crippen LogP contribution in [0.1, 0.15) is 10.4 Å². The fraction of sp³-hybridized carbons (Fsp3) is 0. The third-order valence-electron chi connectivity index (χ3n) is 2.92. The lowest BCUT2D eigenvalue weighted by molar-refractivity contribution is 0.0699. The molecule has 5 nitrogen and oxygen atoms in total. The number of hydrogen-bond donors (Lipinski definition) is 1. The van der Waals surface area contributed by atoms with Crippen molar-refractivity contribution >= 4 is 34.8 Å². The number of fused-ring (bicyclic) bond motifs is 1. The molecule has 1 N–H and O–H groups in total. The first-order valence-corrected chi connectivity index (χ1v) is 6.45. The van der Waals surface area contributed by atoms with Crippen LogP contribution in [-0.4, -0.2) is 25.7 Å². The van der Waals surface area contributed by atoms with Crippen LogP contribution in [-0.2, 0) is 0 Å². The lowest BCUT2D eigenvalue weighted by atomic mass is 10.1. The summed E-state index contributed by atoms with van der Waals surface area (Å²) >= 11 is 11.7. The molecular weight excluding hydrogens is 320 g/mol. The molecule has 0 bridgehead atoms. The van der Waals surface area contributed by atoms with Gasteiger partial charge in [-0.3, -0.25) is 0 Å². The van der Waals surface area contributed by atoms with Gasteiger partial charge in [0.15, 0.2) is 5.65 Å². The largest absolute Gasteiger partial charge is 0.477 e. The fourth-order valence-electron chi connectivity index (χ4n) is 1.97. The van der Waals surface area contributed by atoms with E-state index in [9.17, 15) is 9.18 Å². The van der Waals surface area contributed by atoms with E-state index in [-0.39, 0.29) is 21.3 Å². The van der Waals surface area contributed by atoms with Gasteiger partial charge in [0.2, 0.25) is 0 Å². The van der Waals surface area contributed by atoms with Crippen LogP contribution in [0.25, 0.3) is 16.9 Å². The molecule has 106 valence electrons. The molecule has 0 atom stereocenters. The Morgan fingerprint density at radius 1 is 1.29 bits per heavy atom. The molecule has 0 aliphatic rings. The third kappa shape index (κ3) is 2.22. The van der Waals surface area contributed by atoms with Gasteiger partial charge in [0.05, 0.1) is 21.9 Å². The summed E-state index contributed by atoms with van der Waals surface area (Å²) in [6.07, 6.45) is 2.58. The monoisotopic (exact) mass is 325 g/mol. The van der Waals surface area contributed by atoms with Gasteiger partial charge < -0.3 is 5.11 Å². The smallest absolute Gasteiger partial charge is 0.341 e. The first-order chi connectivity index (χ1) is 9.99. The van der Waals surface area contributed by atoms with Gasteiger partial charge in [-0.05, 0) is 18.2 Å². The van der Waals surface area contributed by atoms with E-state index < -0.39 is 11.8 Å². The summed E-state index contributed by atoms with van der Waals surface area (Å²) in [5.41, 5.74) is 0.841. The average molecular weight is 326 g/mol. The van der Waals surface area contributed by atoms with Crippen molar-refractivity contribution in [2.24, 2.45) is 0 Å². The highest BCUT2D eigenvalue weighted by molar-refractivity contribution is 6.36. The Bertz CT molecular complexity index is 879. The van der Waals surface area contributed by atoms with E-state index >= 15 is 0 Å². The van der Waals surface area contributed by atoms with Crippen LogP contribution in [0.2, 0.25) is 10.0 Å². The van der Waals surface area contributed by atoms with E-state index in [1.165, 1.54) is 29.0 Å². The predicted octanol–water partition coefficient (Wildman–Crippen LogP) is 3.54. The second-order valence-corrected chi connectivity index (χ2v) is 4.99. The summed E-state index contributed by atoms with van der Waals surface area (Å²) in [6.45, 7) is 0. The lowest BCUT2D eigenvalue weighted by Crippen LogP contribution is -2.00. The molecule has 21 heavy (non-hydrogen) atoms. The van der Waals surface area contributed by atoms with Crippen LogP contribution in [0.15, 0.2) is 30.6 Å². The molecule has 0 aliphatic heterocycles. The number of nitrogens with zero attached hydrogens (tertiary/aromatic N) is 3. The van der Waals surface area contributed by atoms with Crippen molar-refractivity contribution < 1.29 is 14.3 Å². The predicted molar refractivity (Wildman–Crippen MR) is 75.4 cm³/mol. The van der Waals surface area contributed by atoms with Gasteiger partial charge in [0.25, 0.3) is 0 Å². The lowest BCUT2D eigenvalue weighted by Gasteiger charge is -2.08. The summed E-state index contributed by atoms with van der Waals surface area (Å²) in [4.78, 5) is 15.1. The molecule has 3 aromatic rings. The van der Waals surface area contributed by atoms with Crippen LogP contribution >= 0.6 is 23.2 Å². The Hall–Kier alpha value is -2.18. The van der Waals surface area contributed by atoms with Crippen LogP contribution in [0.4, 0.5) is 4.39 Å². The number of aromatic carboxylic acids is 1. The molecule has 1 aromatic carbocycles. The van der Waals surface area contributed by atoms with Gasteiger partial charge in [-0.2, -0.15) is 5.10 Å². The Labute approximate surface area is 127 Å². The molecule has 0 unspecified atom stereocenters. The molecule has 8 heteroatoms. The fourth-order valence-corrected chi connectivity index (χ4v) is 2.45. The number of benzene rings is 1. The first kappa shape index (κ1) is 13.8. The molecule has 0 saturated carbocycles. The Kier molecular flexibility index (Phi) is 3.27. The van der Waals surface area contributed by atoms with E-state index in [4.69, 9.17) is 28.3 Å². The maximum atomic E-state index is 13.6. The van der Waals surface area contributed by atoms with Crippen LogP contribution in [0.3, 0.4) is 0 Å². The Morgan fingerprint density at radius 2 is 2.05 bits per heavy atom. The SMILES string of the molecule is O=C(O)c1cnn2c(-c3cc(F)c(Cl)cc3Cl)ccnc12. The van der Waals surface area contributed by atoms with Crippen molar-refractivity contribution in [2.45, 2.75) is 0 Å². The number of carboxylic acid groups (broad SMARTS) is 1. The highest BCUT2D eigenvalue weighted by atomic mass is 35.5. The van der Waals surface area contributed by atoms with Crippen molar-refractivity contribution in [3.05, 3.63) is 52.0 Å². The van der Waals surface area contributed by atoms with Gasteiger partial charge in [-0.1, -0.05) is 23.2 Å². The van der Waals surface area contributed by atoms with E-state index in [2.05, 4.69) is 10.1 Å². The van der Waals surface area contributed by atoms with E-state index in [1.54, 1.807) is 6.07 Å². The van der Waals surface area contributed by atoms with Gasteiger partial charge >= 0.3 is 5.97 Å². The van der Waals surface area contributed by atoms with Crippen molar-refractivity contribution in [2.75, 3.05) is 0 Å². The number of carboxylic acids is 1. The van der Waals surface area contributed by atoms with Gasteiger partial charge in [-0.15, -0.1) is 0 Å². The molecule has 0 aliphatic carbocycles. The van der Waals surface area contributed by atoms with Crippen molar-refractivity contribution in [1.29, 1.82) is 0 Å². The maximum Gasteiger partial charge on any atom is 0.341 e. The van der Waals surface area contributed by atoms with Gasteiger partial charge in [0.1, 0.15) is 11.4 Å². The van der Waals surface area contributed by atoms with Crippen molar-refractivity contribution in [3.8, 4) is 11.3 Å². The molecule has 3 rings (SSSR count). The molecular formula is C13H6Cl2FN3O2. The number of halogens is 3. The van der Waals surface area contributed by atoms with Crippen molar-refractivity contribution in [3.63, 3.8) is 0 Å². The summed E-state index contributed by atoms with van der Waals surface area (Å²) in [5.74, 6) is -1.78.